The van der Waals surface area contributed by atoms with Crippen molar-refractivity contribution in [1.82, 2.24) is 9.97 Å². The highest BCUT2D eigenvalue weighted by Gasteiger charge is 2.47. The Balaban J connectivity index is 2.18. The van der Waals surface area contributed by atoms with Gasteiger partial charge in [0.2, 0.25) is 5.91 Å². The number of carbonyl (C=O) groups excluding carboxylic acids is 1. The zero-order valence-corrected chi connectivity index (χ0v) is 13.3. The second kappa shape index (κ2) is 5.49. The number of aromatic nitrogens is 2. The molecule has 22 heavy (non-hydrogen) atoms. The van der Waals surface area contributed by atoms with Crippen LogP contribution < -0.4 is 4.90 Å². The van der Waals surface area contributed by atoms with E-state index in [4.69, 9.17) is 23.2 Å². The van der Waals surface area contributed by atoms with Crippen molar-refractivity contribution in [3.8, 4) is 0 Å². The number of hydrogen-bond donors (Lipinski definition) is 0. The number of hydrogen-bond acceptors (Lipinski definition) is 5. The van der Waals surface area contributed by atoms with E-state index < -0.39 is 26.9 Å². The molecule has 1 aromatic heterocycles. The summed E-state index contributed by atoms with van der Waals surface area (Å²) in [4.78, 5) is 21.1. The van der Waals surface area contributed by atoms with E-state index in [0.29, 0.717) is 5.02 Å². The molecule has 0 saturated carbocycles. The highest BCUT2D eigenvalue weighted by Crippen LogP contribution is 2.39. The molecule has 6 nitrogen and oxygen atoms in total. The van der Waals surface area contributed by atoms with E-state index in [0.717, 1.165) is 4.90 Å². The lowest BCUT2D eigenvalue weighted by Gasteiger charge is -2.23. The number of sulfone groups is 1. The standard InChI is InChI=1S/C13H9Cl2N3O3S/c14-8-1-2-9(10(15)5-8)13-18(11-6-16-3-4-17-11)12(19)7-22(13,20)21/h1-6,13H,7H2. The molecule has 9 heteroatoms. The first kappa shape index (κ1) is 15.2. The minimum atomic E-state index is -3.74. The Hall–Kier alpha value is -1.70. The molecule has 1 unspecified atom stereocenters. The zero-order valence-electron chi connectivity index (χ0n) is 11.0. The molecule has 2 aromatic rings. The van der Waals surface area contributed by atoms with Crippen LogP contribution in [0, 0.1) is 0 Å². The van der Waals surface area contributed by atoms with Crippen LogP contribution in [-0.4, -0.2) is 30.0 Å². The van der Waals surface area contributed by atoms with Gasteiger partial charge in [0, 0.05) is 28.0 Å². The third kappa shape index (κ3) is 2.55. The van der Waals surface area contributed by atoms with Gasteiger partial charge in [0.1, 0.15) is 5.75 Å². The fourth-order valence-electron chi connectivity index (χ4n) is 2.31. The van der Waals surface area contributed by atoms with Crippen LogP contribution in [0.5, 0.6) is 0 Å². The summed E-state index contributed by atoms with van der Waals surface area (Å²) in [5.74, 6) is -1.02. The van der Waals surface area contributed by atoms with Gasteiger partial charge in [-0.25, -0.2) is 13.4 Å². The van der Waals surface area contributed by atoms with E-state index in [9.17, 15) is 13.2 Å². The molecule has 114 valence electrons. The molecule has 0 N–H and O–H groups in total. The van der Waals surface area contributed by atoms with E-state index in [1.54, 1.807) is 0 Å². The molecule has 1 saturated heterocycles. The van der Waals surface area contributed by atoms with Crippen molar-refractivity contribution in [3.05, 3.63) is 52.4 Å². The summed E-state index contributed by atoms with van der Waals surface area (Å²) in [6, 6.07) is 4.45. The molecule has 0 spiro atoms. The molecule has 1 aromatic carbocycles. The van der Waals surface area contributed by atoms with Crippen LogP contribution in [0.1, 0.15) is 10.9 Å². The maximum Gasteiger partial charge on any atom is 0.244 e. The third-order valence-corrected chi connectivity index (χ3v) is 5.55. The molecule has 1 fully saturated rings. The van der Waals surface area contributed by atoms with Crippen LogP contribution in [-0.2, 0) is 14.6 Å². The minimum Gasteiger partial charge on any atom is -0.273 e. The minimum absolute atomic E-state index is 0.157. The van der Waals surface area contributed by atoms with Crippen molar-refractivity contribution in [2.75, 3.05) is 10.7 Å². The number of anilines is 1. The zero-order chi connectivity index (χ0) is 15.9. The molecule has 2 heterocycles. The fourth-order valence-corrected chi connectivity index (χ4v) is 4.67. The van der Waals surface area contributed by atoms with Gasteiger partial charge in [-0.15, -0.1) is 0 Å². The highest BCUT2D eigenvalue weighted by atomic mass is 35.5. The molecule has 0 radical (unpaired) electrons. The molecule has 0 bridgehead atoms. The van der Waals surface area contributed by atoms with Gasteiger partial charge < -0.3 is 0 Å². The average molecular weight is 358 g/mol. The van der Waals surface area contributed by atoms with Gasteiger partial charge in [-0.2, -0.15) is 0 Å². The molecular weight excluding hydrogens is 349 g/mol. The number of halogens is 2. The first-order valence-corrected chi connectivity index (χ1v) is 8.62. The van der Waals surface area contributed by atoms with Crippen LogP contribution in [0.2, 0.25) is 10.0 Å². The number of benzene rings is 1. The summed E-state index contributed by atoms with van der Waals surface area (Å²) in [5, 5.41) is -0.687. The van der Waals surface area contributed by atoms with E-state index >= 15 is 0 Å². The molecule has 0 aliphatic carbocycles. The van der Waals surface area contributed by atoms with Crippen molar-refractivity contribution in [2.45, 2.75) is 5.37 Å². The molecule has 1 aliphatic rings. The smallest absolute Gasteiger partial charge is 0.244 e. The van der Waals surface area contributed by atoms with Gasteiger partial charge in [-0.3, -0.25) is 14.7 Å². The Bertz CT molecular complexity index is 843. The maximum atomic E-state index is 12.4. The lowest BCUT2D eigenvalue weighted by Crippen LogP contribution is -2.30. The van der Waals surface area contributed by atoms with Crippen LogP contribution in [0.4, 0.5) is 5.82 Å². The van der Waals surface area contributed by atoms with Gasteiger partial charge in [0.05, 0.1) is 6.20 Å². The monoisotopic (exact) mass is 357 g/mol. The number of rotatable bonds is 2. The highest BCUT2D eigenvalue weighted by molar-refractivity contribution is 7.93. The van der Waals surface area contributed by atoms with E-state index in [1.807, 2.05) is 0 Å². The van der Waals surface area contributed by atoms with Crippen LogP contribution >= 0.6 is 23.2 Å². The number of amides is 1. The van der Waals surface area contributed by atoms with Crippen molar-refractivity contribution in [1.29, 1.82) is 0 Å². The maximum absolute atomic E-state index is 12.4. The first-order valence-electron chi connectivity index (χ1n) is 6.15. The SMILES string of the molecule is O=C1CS(=O)(=O)C(c2ccc(Cl)cc2Cl)N1c1cnccn1. The van der Waals surface area contributed by atoms with Crippen molar-refractivity contribution in [3.63, 3.8) is 0 Å². The average Bonchev–Trinajstić information content (AvgIpc) is 2.69. The van der Waals surface area contributed by atoms with Crippen molar-refractivity contribution >= 4 is 44.8 Å². The van der Waals surface area contributed by atoms with E-state index in [2.05, 4.69) is 9.97 Å². The van der Waals surface area contributed by atoms with Gasteiger partial charge >= 0.3 is 0 Å². The molecule has 3 rings (SSSR count). The van der Waals surface area contributed by atoms with Crippen LogP contribution in [0.25, 0.3) is 0 Å². The Morgan fingerprint density at radius 1 is 1.23 bits per heavy atom. The lowest BCUT2D eigenvalue weighted by molar-refractivity contribution is -0.115. The lowest BCUT2D eigenvalue weighted by atomic mass is 10.2. The molecule has 1 atom stereocenters. The Labute approximate surface area is 136 Å². The molecular formula is C13H9Cl2N3O3S. The van der Waals surface area contributed by atoms with Gasteiger partial charge in [0.15, 0.2) is 21.0 Å². The van der Waals surface area contributed by atoms with Crippen LogP contribution in [0.3, 0.4) is 0 Å². The van der Waals surface area contributed by atoms with Crippen LogP contribution in [0.15, 0.2) is 36.8 Å². The summed E-state index contributed by atoms with van der Waals surface area (Å²) in [7, 11) is -3.74. The number of carbonyl (C=O) groups is 1. The molecule has 1 aliphatic heterocycles. The fraction of sp³-hybridized carbons (Fsp3) is 0.154. The Kier molecular flexibility index (Phi) is 3.80. The van der Waals surface area contributed by atoms with E-state index in [-0.39, 0.29) is 16.4 Å². The third-order valence-electron chi connectivity index (χ3n) is 3.19. The largest absolute Gasteiger partial charge is 0.273 e. The van der Waals surface area contributed by atoms with Crippen molar-refractivity contribution in [2.24, 2.45) is 0 Å². The van der Waals surface area contributed by atoms with Gasteiger partial charge in [-0.1, -0.05) is 29.3 Å². The Morgan fingerprint density at radius 2 is 2.00 bits per heavy atom. The molecule has 1 amide bonds. The summed E-state index contributed by atoms with van der Waals surface area (Å²) >= 11 is 12.0. The van der Waals surface area contributed by atoms with Gasteiger partial charge in [0.25, 0.3) is 0 Å². The first-order chi connectivity index (χ1) is 10.4. The second-order valence-electron chi connectivity index (χ2n) is 4.65. The second-order valence-corrected chi connectivity index (χ2v) is 7.56. The van der Waals surface area contributed by atoms with E-state index in [1.165, 1.54) is 36.8 Å². The summed E-state index contributed by atoms with van der Waals surface area (Å²) in [5.41, 5.74) is 0.280. The topological polar surface area (TPSA) is 80.2 Å². The Morgan fingerprint density at radius 3 is 2.64 bits per heavy atom. The normalized spacial score (nSPS) is 20.4. The summed E-state index contributed by atoms with van der Waals surface area (Å²) in [6.07, 6.45) is 4.15. The van der Waals surface area contributed by atoms with Crippen molar-refractivity contribution < 1.29 is 13.2 Å². The number of nitrogens with zero attached hydrogens (tertiary/aromatic N) is 3. The quantitative estimate of drug-likeness (QED) is 0.823. The predicted molar refractivity (Wildman–Crippen MR) is 82.5 cm³/mol. The summed E-state index contributed by atoms with van der Waals surface area (Å²) in [6.45, 7) is 0. The summed E-state index contributed by atoms with van der Waals surface area (Å²) < 4.78 is 24.8. The van der Waals surface area contributed by atoms with Gasteiger partial charge in [-0.05, 0) is 12.1 Å². The predicted octanol–water partition coefficient (Wildman–Crippen LogP) is 2.24.